The lowest BCUT2D eigenvalue weighted by molar-refractivity contribution is -0.133. The normalized spacial score (nSPS) is 17.3. The minimum Gasteiger partial charge on any atom is -0.437 e. The number of rotatable bonds is 5. The maximum absolute atomic E-state index is 12.2. The Balaban J connectivity index is 1.69. The van der Waals surface area contributed by atoms with Gasteiger partial charge in [0.05, 0.1) is 5.02 Å². The number of para-hydroxylation sites is 1. The molecule has 6 nitrogen and oxygen atoms in total. The van der Waals surface area contributed by atoms with Crippen molar-refractivity contribution in [2.24, 2.45) is 0 Å². The number of nitrogens with zero attached hydrogens (tertiary/aromatic N) is 4. The first-order valence-corrected chi connectivity index (χ1v) is 9.25. The van der Waals surface area contributed by atoms with Crippen molar-refractivity contribution < 1.29 is 9.53 Å². The van der Waals surface area contributed by atoms with E-state index in [0.29, 0.717) is 29.6 Å². The van der Waals surface area contributed by atoms with Crippen LogP contribution in [0, 0.1) is 0 Å². The van der Waals surface area contributed by atoms with Crippen LogP contribution in [0.4, 0.5) is 5.82 Å². The third-order valence-electron chi connectivity index (χ3n) is 4.41. The molecule has 1 fully saturated rings. The molecule has 7 heteroatoms. The molecular formula is C19H23ClN4O2. The van der Waals surface area contributed by atoms with E-state index in [-0.39, 0.29) is 11.9 Å². The lowest BCUT2D eigenvalue weighted by Crippen LogP contribution is -2.54. The van der Waals surface area contributed by atoms with Gasteiger partial charge in [-0.15, -0.1) is 0 Å². The standard InChI is InChI=1S/C19H23ClN4O2/c1-3-6-19(25)24-10-9-23(12-14(24)2)17-11-18(22-13-21-17)26-16-8-5-4-7-15(16)20/h4-5,7-8,11,13-14H,3,6,9-10,12H2,1-2H3. The van der Waals surface area contributed by atoms with E-state index in [0.717, 1.165) is 25.3 Å². The summed E-state index contributed by atoms with van der Waals surface area (Å²) in [7, 11) is 0. The molecule has 1 unspecified atom stereocenters. The summed E-state index contributed by atoms with van der Waals surface area (Å²) in [6.45, 7) is 6.27. The van der Waals surface area contributed by atoms with E-state index < -0.39 is 0 Å². The fourth-order valence-electron chi connectivity index (χ4n) is 3.09. The summed E-state index contributed by atoms with van der Waals surface area (Å²) in [6.07, 6.45) is 2.97. The first kappa shape index (κ1) is 18.5. The monoisotopic (exact) mass is 374 g/mol. The Labute approximate surface area is 158 Å². The number of piperazine rings is 1. The van der Waals surface area contributed by atoms with Gasteiger partial charge in [-0.2, -0.15) is 0 Å². The van der Waals surface area contributed by atoms with E-state index >= 15 is 0 Å². The molecule has 0 bridgehead atoms. The Morgan fingerprint density at radius 3 is 2.85 bits per heavy atom. The summed E-state index contributed by atoms with van der Waals surface area (Å²) in [5.41, 5.74) is 0. The van der Waals surface area contributed by atoms with Crippen molar-refractivity contribution >= 4 is 23.3 Å². The number of halogens is 1. The number of aromatic nitrogens is 2. The van der Waals surface area contributed by atoms with Crippen LogP contribution in [0.15, 0.2) is 36.7 Å². The van der Waals surface area contributed by atoms with Crippen LogP contribution >= 0.6 is 11.6 Å². The Morgan fingerprint density at radius 2 is 2.12 bits per heavy atom. The number of amides is 1. The molecule has 1 aromatic heterocycles. The van der Waals surface area contributed by atoms with Crippen molar-refractivity contribution in [3.05, 3.63) is 41.7 Å². The van der Waals surface area contributed by atoms with Gasteiger partial charge in [-0.3, -0.25) is 4.79 Å². The van der Waals surface area contributed by atoms with Gasteiger partial charge in [0.1, 0.15) is 17.9 Å². The Bertz CT molecular complexity index is 771. The van der Waals surface area contributed by atoms with Crippen molar-refractivity contribution in [1.29, 1.82) is 0 Å². The predicted octanol–water partition coefficient (Wildman–Crippen LogP) is 3.76. The Hall–Kier alpha value is -2.34. The molecule has 1 aliphatic heterocycles. The SMILES string of the molecule is CCCC(=O)N1CCN(c2cc(Oc3ccccc3Cl)ncn2)CC1C. The quantitative estimate of drug-likeness (QED) is 0.797. The molecule has 0 aliphatic carbocycles. The smallest absolute Gasteiger partial charge is 0.224 e. The number of benzene rings is 1. The second kappa shape index (κ2) is 8.36. The molecule has 2 aromatic rings. The highest BCUT2D eigenvalue weighted by Gasteiger charge is 2.27. The highest BCUT2D eigenvalue weighted by molar-refractivity contribution is 6.32. The average molecular weight is 375 g/mol. The topological polar surface area (TPSA) is 58.6 Å². The van der Waals surface area contributed by atoms with Crippen molar-refractivity contribution in [3.8, 4) is 11.6 Å². The van der Waals surface area contributed by atoms with Crippen LogP contribution in [0.1, 0.15) is 26.7 Å². The van der Waals surface area contributed by atoms with Crippen LogP contribution in [0.3, 0.4) is 0 Å². The van der Waals surface area contributed by atoms with Crippen molar-refractivity contribution in [2.45, 2.75) is 32.7 Å². The zero-order chi connectivity index (χ0) is 18.5. The molecule has 26 heavy (non-hydrogen) atoms. The molecule has 0 saturated carbocycles. The van der Waals surface area contributed by atoms with Crippen LogP contribution in [-0.4, -0.2) is 46.5 Å². The lowest BCUT2D eigenvalue weighted by Gasteiger charge is -2.40. The van der Waals surface area contributed by atoms with Crippen molar-refractivity contribution in [2.75, 3.05) is 24.5 Å². The minimum atomic E-state index is 0.144. The van der Waals surface area contributed by atoms with Crippen LogP contribution in [0.25, 0.3) is 0 Å². The summed E-state index contributed by atoms with van der Waals surface area (Å²) in [4.78, 5) is 24.8. The Kier molecular flexibility index (Phi) is 5.93. The summed E-state index contributed by atoms with van der Waals surface area (Å²) in [6, 6.07) is 9.22. The van der Waals surface area contributed by atoms with E-state index in [1.54, 1.807) is 18.2 Å². The summed E-state index contributed by atoms with van der Waals surface area (Å²) >= 11 is 6.14. The van der Waals surface area contributed by atoms with Gasteiger partial charge in [0.25, 0.3) is 0 Å². The summed E-state index contributed by atoms with van der Waals surface area (Å²) in [5.74, 6) is 2.02. The highest BCUT2D eigenvalue weighted by Crippen LogP contribution is 2.29. The molecule has 138 valence electrons. The Morgan fingerprint density at radius 1 is 1.31 bits per heavy atom. The molecule has 0 radical (unpaired) electrons. The number of hydrogen-bond donors (Lipinski definition) is 0. The number of hydrogen-bond acceptors (Lipinski definition) is 5. The number of ether oxygens (including phenoxy) is 1. The molecule has 3 rings (SSSR count). The second-order valence-electron chi connectivity index (χ2n) is 6.38. The molecule has 1 aromatic carbocycles. The van der Waals surface area contributed by atoms with E-state index in [1.807, 2.05) is 24.0 Å². The van der Waals surface area contributed by atoms with E-state index in [4.69, 9.17) is 16.3 Å². The molecule has 1 atom stereocenters. The van der Waals surface area contributed by atoms with Gasteiger partial charge in [0, 0.05) is 38.2 Å². The third-order valence-corrected chi connectivity index (χ3v) is 4.73. The molecule has 1 saturated heterocycles. The van der Waals surface area contributed by atoms with Gasteiger partial charge in [-0.1, -0.05) is 30.7 Å². The lowest BCUT2D eigenvalue weighted by atomic mass is 10.1. The van der Waals surface area contributed by atoms with Gasteiger partial charge in [0.2, 0.25) is 11.8 Å². The third kappa shape index (κ3) is 4.25. The first-order chi connectivity index (χ1) is 12.6. The fourth-order valence-corrected chi connectivity index (χ4v) is 3.27. The highest BCUT2D eigenvalue weighted by atomic mass is 35.5. The van der Waals surface area contributed by atoms with Crippen LogP contribution in [-0.2, 0) is 4.79 Å². The maximum Gasteiger partial charge on any atom is 0.224 e. The van der Waals surface area contributed by atoms with Gasteiger partial charge in [0.15, 0.2) is 0 Å². The number of carbonyl (C=O) groups excluding carboxylic acids is 1. The summed E-state index contributed by atoms with van der Waals surface area (Å²) < 4.78 is 5.78. The fraction of sp³-hybridized carbons (Fsp3) is 0.421. The molecule has 1 amide bonds. The predicted molar refractivity (Wildman–Crippen MR) is 102 cm³/mol. The van der Waals surface area contributed by atoms with Gasteiger partial charge in [-0.25, -0.2) is 9.97 Å². The van der Waals surface area contributed by atoms with E-state index in [2.05, 4.69) is 21.8 Å². The van der Waals surface area contributed by atoms with Crippen molar-refractivity contribution in [3.63, 3.8) is 0 Å². The van der Waals surface area contributed by atoms with Crippen LogP contribution in [0.2, 0.25) is 5.02 Å². The maximum atomic E-state index is 12.2. The molecule has 0 N–H and O–H groups in total. The van der Waals surface area contributed by atoms with E-state index in [1.165, 1.54) is 6.33 Å². The van der Waals surface area contributed by atoms with Gasteiger partial charge < -0.3 is 14.5 Å². The largest absolute Gasteiger partial charge is 0.437 e. The molecule has 2 heterocycles. The van der Waals surface area contributed by atoms with Crippen molar-refractivity contribution in [1.82, 2.24) is 14.9 Å². The minimum absolute atomic E-state index is 0.144. The molecular weight excluding hydrogens is 352 g/mol. The van der Waals surface area contributed by atoms with Crippen LogP contribution < -0.4 is 9.64 Å². The molecule has 1 aliphatic rings. The van der Waals surface area contributed by atoms with Crippen LogP contribution in [0.5, 0.6) is 11.6 Å². The zero-order valence-electron chi connectivity index (χ0n) is 15.1. The van der Waals surface area contributed by atoms with Gasteiger partial charge >= 0.3 is 0 Å². The van der Waals surface area contributed by atoms with E-state index in [9.17, 15) is 4.79 Å². The second-order valence-corrected chi connectivity index (χ2v) is 6.79. The number of anilines is 1. The molecule has 0 spiro atoms. The first-order valence-electron chi connectivity index (χ1n) is 8.87. The average Bonchev–Trinajstić information content (AvgIpc) is 2.64. The zero-order valence-corrected chi connectivity index (χ0v) is 15.8. The van der Waals surface area contributed by atoms with Gasteiger partial charge in [-0.05, 0) is 25.5 Å². The number of carbonyl (C=O) groups is 1. The summed E-state index contributed by atoms with van der Waals surface area (Å²) in [5, 5.41) is 0.532.